The van der Waals surface area contributed by atoms with Crippen molar-refractivity contribution in [1.29, 1.82) is 0 Å². The van der Waals surface area contributed by atoms with Gasteiger partial charge in [-0.2, -0.15) is 5.10 Å². The van der Waals surface area contributed by atoms with Gasteiger partial charge in [-0.05, 0) is 49.4 Å². The molecule has 1 aliphatic rings. The molecule has 0 N–H and O–H groups in total. The average Bonchev–Trinajstić information content (AvgIpc) is 2.95. The van der Waals surface area contributed by atoms with E-state index in [1.807, 2.05) is 18.2 Å². The molecule has 28 heavy (non-hydrogen) atoms. The van der Waals surface area contributed by atoms with Gasteiger partial charge in [-0.3, -0.25) is 9.69 Å². The first-order valence-electron chi connectivity index (χ1n) is 9.70. The van der Waals surface area contributed by atoms with Crippen molar-refractivity contribution in [3.8, 4) is 0 Å². The molecule has 2 aromatic carbocycles. The molecule has 0 aromatic heterocycles. The van der Waals surface area contributed by atoms with Crippen LogP contribution in [-0.4, -0.2) is 27.4 Å². The third-order valence-corrected chi connectivity index (χ3v) is 6.16. The van der Waals surface area contributed by atoms with E-state index in [4.69, 9.17) is 0 Å². The Balaban J connectivity index is 1.84. The number of hydrogen-bond donors (Lipinski definition) is 0. The van der Waals surface area contributed by atoms with Gasteiger partial charge in [-0.1, -0.05) is 73.1 Å². The fourth-order valence-corrected chi connectivity index (χ4v) is 4.46. The van der Waals surface area contributed by atoms with Crippen LogP contribution < -0.4 is 0 Å². The van der Waals surface area contributed by atoms with Gasteiger partial charge in [0.15, 0.2) is 5.17 Å². The number of amides is 1. The van der Waals surface area contributed by atoms with Crippen LogP contribution in [0.15, 0.2) is 52.7 Å². The molecule has 2 aromatic rings. The number of amidine groups is 1. The predicted octanol–water partition coefficient (Wildman–Crippen LogP) is 5.25. The molecule has 0 radical (unpaired) electrons. The number of carbonyl (C=O) groups is 1. The first-order valence-corrected chi connectivity index (χ1v) is 10.6. The highest BCUT2D eigenvalue weighted by molar-refractivity contribution is 8.15. The van der Waals surface area contributed by atoms with E-state index in [-0.39, 0.29) is 11.2 Å². The number of benzene rings is 2. The van der Waals surface area contributed by atoms with Crippen LogP contribution in [0.2, 0.25) is 0 Å². The molecule has 0 saturated carbocycles. The summed E-state index contributed by atoms with van der Waals surface area (Å²) in [6, 6.07) is 14.4. The molecule has 1 atom stereocenters. The van der Waals surface area contributed by atoms with E-state index in [1.54, 1.807) is 11.1 Å². The van der Waals surface area contributed by atoms with Crippen molar-refractivity contribution >= 4 is 29.1 Å². The minimum Gasteiger partial charge on any atom is -0.284 e. The first-order chi connectivity index (χ1) is 13.5. The summed E-state index contributed by atoms with van der Waals surface area (Å²) in [6.45, 7) is 8.86. The summed E-state index contributed by atoms with van der Waals surface area (Å²) < 4.78 is 0. The Hall–Kier alpha value is -2.40. The maximum Gasteiger partial charge on any atom is 0.242 e. The number of carbonyl (C=O) groups excluding carboxylic acids is 1. The Bertz CT molecular complexity index is 920. The van der Waals surface area contributed by atoms with E-state index in [2.05, 4.69) is 62.2 Å². The Kier molecular flexibility index (Phi) is 6.68. The van der Waals surface area contributed by atoms with Crippen molar-refractivity contribution in [1.82, 2.24) is 4.90 Å². The molecule has 1 saturated heterocycles. The second-order valence-electron chi connectivity index (χ2n) is 7.23. The molecule has 0 spiro atoms. The van der Waals surface area contributed by atoms with Gasteiger partial charge in [-0.15, -0.1) is 5.10 Å². The maximum atomic E-state index is 12.9. The van der Waals surface area contributed by atoms with Crippen LogP contribution >= 0.6 is 11.8 Å². The van der Waals surface area contributed by atoms with Gasteiger partial charge in [-0.25, -0.2) is 0 Å². The molecule has 0 unspecified atom stereocenters. The normalized spacial score (nSPS) is 18.6. The SMILES string of the molecule is CCC[C@@H]1S/C(=N/N=C\c2ccc(C)cc2C)N(Cc2ccccc2C)C1=O. The Morgan fingerprint density at radius 1 is 1.11 bits per heavy atom. The van der Waals surface area contributed by atoms with Gasteiger partial charge >= 0.3 is 0 Å². The summed E-state index contributed by atoms with van der Waals surface area (Å²) >= 11 is 1.53. The van der Waals surface area contributed by atoms with E-state index in [9.17, 15) is 4.79 Å². The highest BCUT2D eigenvalue weighted by atomic mass is 32.2. The zero-order valence-corrected chi connectivity index (χ0v) is 17.8. The molecule has 0 bridgehead atoms. The molecule has 0 aliphatic carbocycles. The molecule has 5 heteroatoms. The molecule has 1 fully saturated rings. The third-order valence-electron chi connectivity index (χ3n) is 4.93. The standard InChI is InChI=1S/C23H27N3OS/c1-5-8-21-22(27)26(15-20-10-7-6-9-17(20)3)23(28-21)25-24-14-19-12-11-16(2)13-18(19)4/h6-7,9-14,21H,5,8,15H2,1-4H3/b24-14-,25-23+/t21-/m0/s1. The third kappa shape index (κ3) is 4.71. The van der Waals surface area contributed by atoms with Gasteiger partial charge in [0, 0.05) is 0 Å². The van der Waals surface area contributed by atoms with Crippen LogP contribution in [0.5, 0.6) is 0 Å². The van der Waals surface area contributed by atoms with Crippen LogP contribution in [0, 0.1) is 20.8 Å². The van der Waals surface area contributed by atoms with E-state index >= 15 is 0 Å². The molecule has 1 heterocycles. The Morgan fingerprint density at radius 3 is 2.61 bits per heavy atom. The van der Waals surface area contributed by atoms with Crippen molar-refractivity contribution < 1.29 is 4.79 Å². The van der Waals surface area contributed by atoms with Gasteiger partial charge in [0.05, 0.1) is 18.0 Å². The van der Waals surface area contributed by atoms with Crippen LogP contribution in [0.4, 0.5) is 0 Å². The van der Waals surface area contributed by atoms with E-state index < -0.39 is 0 Å². The Labute approximate surface area is 171 Å². The van der Waals surface area contributed by atoms with Crippen LogP contribution in [-0.2, 0) is 11.3 Å². The lowest BCUT2D eigenvalue weighted by molar-refractivity contribution is -0.126. The Morgan fingerprint density at radius 2 is 1.89 bits per heavy atom. The average molecular weight is 394 g/mol. The van der Waals surface area contributed by atoms with Crippen molar-refractivity contribution in [2.24, 2.45) is 10.2 Å². The van der Waals surface area contributed by atoms with Crippen molar-refractivity contribution in [3.63, 3.8) is 0 Å². The molecule has 4 nitrogen and oxygen atoms in total. The smallest absolute Gasteiger partial charge is 0.242 e. The molecule has 146 valence electrons. The van der Waals surface area contributed by atoms with Crippen LogP contribution in [0.3, 0.4) is 0 Å². The summed E-state index contributed by atoms with van der Waals surface area (Å²) in [7, 11) is 0. The number of nitrogens with zero attached hydrogens (tertiary/aromatic N) is 3. The maximum absolute atomic E-state index is 12.9. The molecule has 1 aliphatic heterocycles. The number of hydrogen-bond acceptors (Lipinski definition) is 4. The second-order valence-corrected chi connectivity index (χ2v) is 8.40. The zero-order chi connectivity index (χ0) is 20.1. The van der Waals surface area contributed by atoms with Crippen molar-refractivity contribution in [2.45, 2.75) is 52.3 Å². The first kappa shape index (κ1) is 20.3. The fourth-order valence-electron chi connectivity index (χ4n) is 3.25. The molecular formula is C23H27N3OS. The summed E-state index contributed by atoms with van der Waals surface area (Å²) in [5.41, 5.74) is 5.75. The van der Waals surface area contributed by atoms with Crippen LogP contribution in [0.1, 0.15) is 47.6 Å². The lowest BCUT2D eigenvalue weighted by Crippen LogP contribution is -2.31. The van der Waals surface area contributed by atoms with E-state index in [1.165, 1.54) is 28.5 Å². The summed E-state index contributed by atoms with van der Waals surface area (Å²) in [5.74, 6) is 0.135. The van der Waals surface area contributed by atoms with Gasteiger partial charge in [0.1, 0.15) is 0 Å². The minimum atomic E-state index is -0.0657. The molecule has 3 rings (SSSR count). The van der Waals surface area contributed by atoms with Gasteiger partial charge in [0.25, 0.3) is 0 Å². The predicted molar refractivity (Wildman–Crippen MR) is 119 cm³/mol. The number of rotatable bonds is 6. The topological polar surface area (TPSA) is 45.0 Å². The highest BCUT2D eigenvalue weighted by Crippen LogP contribution is 2.32. The highest BCUT2D eigenvalue weighted by Gasteiger charge is 2.37. The molecular weight excluding hydrogens is 366 g/mol. The second kappa shape index (κ2) is 9.20. The van der Waals surface area contributed by atoms with Gasteiger partial charge in [0.2, 0.25) is 5.91 Å². The number of aryl methyl sites for hydroxylation is 3. The fraction of sp³-hybridized carbons (Fsp3) is 0.348. The quantitative estimate of drug-likeness (QED) is 0.497. The molecule has 1 amide bonds. The van der Waals surface area contributed by atoms with E-state index in [0.717, 1.165) is 24.0 Å². The largest absolute Gasteiger partial charge is 0.284 e. The zero-order valence-electron chi connectivity index (χ0n) is 17.0. The van der Waals surface area contributed by atoms with Crippen molar-refractivity contribution in [2.75, 3.05) is 0 Å². The number of thioether (sulfide) groups is 1. The minimum absolute atomic E-state index is 0.0657. The van der Waals surface area contributed by atoms with Crippen LogP contribution in [0.25, 0.3) is 0 Å². The summed E-state index contributed by atoms with van der Waals surface area (Å²) in [4.78, 5) is 14.7. The summed E-state index contributed by atoms with van der Waals surface area (Å²) in [5, 5.41) is 9.35. The van der Waals surface area contributed by atoms with Gasteiger partial charge < -0.3 is 0 Å². The lowest BCUT2D eigenvalue weighted by Gasteiger charge is -2.17. The van der Waals surface area contributed by atoms with E-state index in [0.29, 0.717) is 11.7 Å². The summed E-state index contributed by atoms with van der Waals surface area (Å²) in [6.07, 6.45) is 3.60. The monoisotopic (exact) mass is 393 g/mol. The van der Waals surface area contributed by atoms with Crippen molar-refractivity contribution in [3.05, 3.63) is 70.3 Å². The lowest BCUT2D eigenvalue weighted by atomic mass is 10.1.